The van der Waals surface area contributed by atoms with Crippen molar-refractivity contribution < 1.29 is 4.52 Å². The van der Waals surface area contributed by atoms with Crippen LogP contribution in [0.5, 0.6) is 0 Å². The first-order valence-corrected chi connectivity index (χ1v) is 7.30. The van der Waals surface area contributed by atoms with Crippen molar-refractivity contribution in [1.29, 1.82) is 0 Å². The van der Waals surface area contributed by atoms with E-state index >= 15 is 0 Å². The lowest BCUT2D eigenvalue weighted by atomic mass is 10.2. The zero-order valence-electron chi connectivity index (χ0n) is 12.0. The molecule has 5 heteroatoms. The van der Waals surface area contributed by atoms with Crippen LogP contribution in [0.2, 0.25) is 5.02 Å². The first-order chi connectivity index (χ1) is 9.69. The predicted molar refractivity (Wildman–Crippen MR) is 79.5 cm³/mol. The molecule has 0 bridgehead atoms. The summed E-state index contributed by atoms with van der Waals surface area (Å²) in [6, 6.07) is 7.86. The van der Waals surface area contributed by atoms with Crippen LogP contribution in [-0.4, -0.2) is 22.1 Å². The van der Waals surface area contributed by atoms with Gasteiger partial charge in [0.25, 0.3) is 0 Å². The van der Waals surface area contributed by atoms with Crippen LogP contribution >= 0.6 is 11.6 Å². The summed E-state index contributed by atoms with van der Waals surface area (Å²) in [6.07, 6.45) is 3.11. The van der Waals surface area contributed by atoms with Gasteiger partial charge < -0.3 is 4.52 Å². The third-order valence-corrected chi connectivity index (χ3v) is 3.44. The van der Waals surface area contributed by atoms with Gasteiger partial charge in [-0.2, -0.15) is 4.98 Å². The minimum Gasteiger partial charge on any atom is -0.338 e. The molecule has 0 N–H and O–H groups in total. The number of aromatic nitrogens is 2. The minimum atomic E-state index is 0.629. The number of hydrogen-bond acceptors (Lipinski definition) is 4. The Morgan fingerprint density at radius 1 is 1.25 bits per heavy atom. The Labute approximate surface area is 124 Å². The van der Waals surface area contributed by atoms with Gasteiger partial charge in [0.1, 0.15) is 0 Å². The van der Waals surface area contributed by atoms with Gasteiger partial charge in [0.05, 0.1) is 6.54 Å². The summed E-state index contributed by atoms with van der Waals surface area (Å²) in [5.74, 6) is 1.46. The van der Waals surface area contributed by atoms with Gasteiger partial charge in [0.15, 0.2) is 5.82 Å². The normalized spacial score (nSPS) is 11.2. The molecule has 0 saturated carbocycles. The molecule has 2 aromatic rings. The molecular formula is C15H20ClN3O. The highest BCUT2D eigenvalue weighted by atomic mass is 35.5. The Morgan fingerprint density at radius 2 is 2.05 bits per heavy atom. The molecule has 2 rings (SSSR count). The first kappa shape index (κ1) is 15.0. The minimum absolute atomic E-state index is 0.629. The van der Waals surface area contributed by atoms with Crippen molar-refractivity contribution in [3.05, 3.63) is 46.6 Å². The number of hydrogen-bond donors (Lipinski definition) is 0. The number of nitrogens with zero attached hydrogens (tertiary/aromatic N) is 3. The molecule has 0 saturated heterocycles. The van der Waals surface area contributed by atoms with Gasteiger partial charge in [-0.05, 0) is 25.1 Å². The van der Waals surface area contributed by atoms with E-state index in [-0.39, 0.29) is 0 Å². The Bertz CT molecular complexity index is 541. The average Bonchev–Trinajstić information content (AvgIpc) is 2.86. The van der Waals surface area contributed by atoms with E-state index in [2.05, 4.69) is 22.0 Å². The second-order valence-corrected chi connectivity index (χ2v) is 5.38. The van der Waals surface area contributed by atoms with Crippen molar-refractivity contribution in [2.45, 2.75) is 39.3 Å². The fraction of sp³-hybridized carbons (Fsp3) is 0.467. The zero-order valence-corrected chi connectivity index (χ0v) is 12.7. The van der Waals surface area contributed by atoms with Crippen molar-refractivity contribution in [2.24, 2.45) is 0 Å². The third kappa shape index (κ3) is 4.32. The highest BCUT2D eigenvalue weighted by Gasteiger charge is 2.10. The van der Waals surface area contributed by atoms with Gasteiger partial charge in [-0.1, -0.05) is 48.3 Å². The van der Waals surface area contributed by atoms with Crippen LogP contribution in [0, 0.1) is 0 Å². The fourth-order valence-corrected chi connectivity index (χ4v) is 2.19. The largest absolute Gasteiger partial charge is 0.338 e. The molecule has 1 heterocycles. The zero-order chi connectivity index (χ0) is 14.4. The Morgan fingerprint density at radius 3 is 2.80 bits per heavy atom. The quantitative estimate of drug-likeness (QED) is 0.780. The van der Waals surface area contributed by atoms with Gasteiger partial charge in [-0.3, -0.25) is 4.90 Å². The maximum absolute atomic E-state index is 6.15. The lowest BCUT2D eigenvalue weighted by Crippen LogP contribution is -2.17. The van der Waals surface area contributed by atoms with Gasteiger partial charge in [-0.15, -0.1) is 0 Å². The summed E-state index contributed by atoms with van der Waals surface area (Å²) in [5.41, 5.74) is 1.10. The summed E-state index contributed by atoms with van der Waals surface area (Å²) >= 11 is 6.15. The second-order valence-electron chi connectivity index (χ2n) is 4.97. The number of aryl methyl sites for hydroxylation is 1. The lowest BCUT2D eigenvalue weighted by molar-refractivity contribution is 0.260. The van der Waals surface area contributed by atoms with Crippen LogP contribution in [0.4, 0.5) is 0 Å². The molecule has 0 atom stereocenters. The molecule has 0 aliphatic rings. The summed E-state index contributed by atoms with van der Waals surface area (Å²) in [6.45, 7) is 3.54. The number of unbranched alkanes of at least 4 members (excludes halogenated alkanes) is 1. The van der Waals surface area contributed by atoms with E-state index in [4.69, 9.17) is 16.1 Å². The van der Waals surface area contributed by atoms with E-state index in [1.165, 1.54) is 0 Å². The van der Waals surface area contributed by atoms with Crippen LogP contribution in [0.25, 0.3) is 0 Å². The van der Waals surface area contributed by atoms with Gasteiger partial charge >= 0.3 is 0 Å². The summed E-state index contributed by atoms with van der Waals surface area (Å²) < 4.78 is 5.26. The van der Waals surface area contributed by atoms with Gasteiger partial charge in [-0.25, -0.2) is 0 Å². The van der Waals surface area contributed by atoms with E-state index in [9.17, 15) is 0 Å². The lowest BCUT2D eigenvalue weighted by Gasteiger charge is -2.14. The molecular weight excluding hydrogens is 274 g/mol. The SMILES string of the molecule is CCCCc1noc(CN(C)Cc2ccccc2Cl)n1. The third-order valence-electron chi connectivity index (χ3n) is 3.07. The predicted octanol–water partition coefficient (Wildman–Crippen LogP) is 3.70. The molecule has 0 radical (unpaired) electrons. The number of benzene rings is 1. The van der Waals surface area contributed by atoms with E-state index in [1.54, 1.807) is 0 Å². The van der Waals surface area contributed by atoms with Crippen molar-refractivity contribution in [1.82, 2.24) is 15.0 Å². The van der Waals surface area contributed by atoms with Crippen molar-refractivity contribution >= 4 is 11.6 Å². The molecule has 0 amide bonds. The van der Waals surface area contributed by atoms with Crippen molar-refractivity contribution in [3.8, 4) is 0 Å². The molecule has 0 unspecified atom stereocenters. The maximum atomic E-state index is 6.15. The summed E-state index contributed by atoms with van der Waals surface area (Å²) in [7, 11) is 2.01. The fourth-order valence-electron chi connectivity index (χ4n) is 2.00. The Kier molecular flexibility index (Phi) is 5.56. The summed E-state index contributed by atoms with van der Waals surface area (Å²) in [5, 5.41) is 4.78. The molecule has 0 spiro atoms. The van der Waals surface area contributed by atoms with Crippen molar-refractivity contribution in [3.63, 3.8) is 0 Å². The number of rotatable bonds is 7. The standard InChI is InChI=1S/C15H20ClN3O/c1-3-4-9-14-17-15(20-18-14)11-19(2)10-12-7-5-6-8-13(12)16/h5-8H,3-4,9-11H2,1-2H3. The van der Waals surface area contributed by atoms with Crippen LogP contribution in [-0.2, 0) is 19.5 Å². The second kappa shape index (κ2) is 7.41. The van der Waals surface area contributed by atoms with E-state index in [0.717, 1.165) is 42.2 Å². The van der Waals surface area contributed by atoms with Crippen LogP contribution in [0.3, 0.4) is 0 Å². The van der Waals surface area contributed by atoms with Crippen LogP contribution in [0.15, 0.2) is 28.8 Å². The Hall–Kier alpha value is -1.39. The molecule has 0 fully saturated rings. The van der Waals surface area contributed by atoms with Crippen LogP contribution < -0.4 is 0 Å². The maximum Gasteiger partial charge on any atom is 0.240 e. The topological polar surface area (TPSA) is 42.2 Å². The molecule has 20 heavy (non-hydrogen) atoms. The molecule has 0 aliphatic heterocycles. The first-order valence-electron chi connectivity index (χ1n) is 6.92. The van der Waals surface area contributed by atoms with Crippen molar-refractivity contribution in [2.75, 3.05) is 7.05 Å². The van der Waals surface area contributed by atoms with E-state index in [0.29, 0.717) is 12.4 Å². The molecule has 108 valence electrons. The molecule has 0 aliphatic carbocycles. The number of halogens is 1. The van der Waals surface area contributed by atoms with Crippen LogP contribution in [0.1, 0.15) is 37.0 Å². The monoisotopic (exact) mass is 293 g/mol. The van der Waals surface area contributed by atoms with E-state index in [1.807, 2.05) is 31.3 Å². The molecule has 1 aromatic heterocycles. The summed E-state index contributed by atoms with van der Waals surface area (Å²) in [4.78, 5) is 6.51. The van der Waals surface area contributed by atoms with E-state index < -0.39 is 0 Å². The highest BCUT2D eigenvalue weighted by Crippen LogP contribution is 2.17. The van der Waals surface area contributed by atoms with Gasteiger partial charge in [0.2, 0.25) is 5.89 Å². The molecule has 4 nitrogen and oxygen atoms in total. The van der Waals surface area contributed by atoms with Gasteiger partial charge in [0, 0.05) is 18.0 Å². The molecule has 1 aromatic carbocycles. The highest BCUT2D eigenvalue weighted by molar-refractivity contribution is 6.31. The Balaban J connectivity index is 1.89. The smallest absolute Gasteiger partial charge is 0.240 e. The average molecular weight is 294 g/mol.